The van der Waals surface area contributed by atoms with Crippen molar-refractivity contribution in [1.82, 2.24) is 4.31 Å². The van der Waals surface area contributed by atoms with Crippen molar-refractivity contribution in [2.75, 3.05) is 62.8 Å². The Labute approximate surface area is 202 Å². The third-order valence-corrected chi connectivity index (χ3v) is 10.6. The summed E-state index contributed by atoms with van der Waals surface area (Å²) in [6.45, 7) is 4.18. The van der Waals surface area contributed by atoms with E-state index >= 15 is 0 Å². The monoisotopic (exact) mass is 489 g/mol. The third-order valence-electron chi connectivity index (χ3n) is 8.70. The molecule has 4 bridgehead atoms. The van der Waals surface area contributed by atoms with E-state index < -0.39 is 10.0 Å². The molecule has 9 heteroatoms. The van der Waals surface area contributed by atoms with E-state index in [0.29, 0.717) is 63.0 Å². The fraction of sp³-hybridized carbons (Fsp3) is 0.720. The molecule has 2 heterocycles. The third kappa shape index (κ3) is 4.04. The molecule has 2 saturated heterocycles. The lowest BCUT2D eigenvalue weighted by atomic mass is 9.49. The molecule has 7 rings (SSSR count). The fourth-order valence-corrected chi connectivity index (χ4v) is 8.87. The van der Waals surface area contributed by atoms with Crippen LogP contribution < -0.4 is 10.2 Å². The molecule has 0 atom stereocenters. The van der Waals surface area contributed by atoms with Gasteiger partial charge in [0.25, 0.3) is 0 Å². The zero-order chi connectivity index (χ0) is 23.3. The molecule has 0 unspecified atom stereocenters. The molecule has 1 N–H and O–H groups in total. The van der Waals surface area contributed by atoms with Gasteiger partial charge in [0.1, 0.15) is 0 Å². The predicted molar refractivity (Wildman–Crippen MR) is 128 cm³/mol. The van der Waals surface area contributed by atoms with Gasteiger partial charge in [-0.05, 0) is 74.5 Å². The van der Waals surface area contributed by atoms with Crippen LogP contribution in [0.15, 0.2) is 23.1 Å². The normalized spacial score (nSPS) is 33.8. The molecule has 6 fully saturated rings. The average molecular weight is 490 g/mol. The minimum Gasteiger partial charge on any atom is -0.379 e. The van der Waals surface area contributed by atoms with Crippen molar-refractivity contribution in [2.24, 2.45) is 23.2 Å². The molecule has 1 aromatic rings. The fourth-order valence-electron chi connectivity index (χ4n) is 7.44. The Hall–Kier alpha value is -1.68. The van der Waals surface area contributed by atoms with E-state index in [1.165, 1.54) is 23.6 Å². The summed E-state index contributed by atoms with van der Waals surface area (Å²) in [4.78, 5) is 16.2. The van der Waals surface area contributed by atoms with Crippen LogP contribution in [0.3, 0.4) is 0 Å². The second-order valence-corrected chi connectivity index (χ2v) is 12.9. The summed E-state index contributed by atoms with van der Waals surface area (Å²) in [7, 11) is -3.65. The highest BCUT2D eigenvalue weighted by molar-refractivity contribution is 7.89. The van der Waals surface area contributed by atoms with Gasteiger partial charge in [0.15, 0.2) is 0 Å². The highest BCUT2D eigenvalue weighted by Gasteiger charge is 2.54. The molecular formula is C25H35N3O5S. The first-order chi connectivity index (χ1) is 16.4. The molecule has 4 aliphatic carbocycles. The Morgan fingerprint density at radius 1 is 0.882 bits per heavy atom. The first-order valence-electron chi connectivity index (χ1n) is 12.8. The first kappa shape index (κ1) is 22.8. The minimum absolute atomic E-state index is 0.0852. The lowest BCUT2D eigenvalue weighted by Crippen LogP contribution is -2.52. The molecule has 186 valence electrons. The van der Waals surface area contributed by atoms with Crippen molar-refractivity contribution >= 4 is 27.3 Å². The first-order valence-corrected chi connectivity index (χ1v) is 14.2. The van der Waals surface area contributed by atoms with Crippen molar-refractivity contribution in [1.29, 1.82) is 0 Å². The van der Waals surface area contributed by atoms with E-state index in [-0.39, 0.29) is 16.2 Å². The van der Waals surface area contributed by atoms with Crippen LogP contribution in [0.2, 0.25) is 0 Å². The number of benzene rings is 1. The molecule has 6 aliphatic rings. The largest absolute Gasteiger partial charge is 0.379 e. The molecular weight excluding hydrogens is 454 g/mol. The number of carbonyl (C=O) groups is 1. The standard InChI is InChI=1S/C25H35N3O5S/c29-24(25-15-18-11-19(16-25)13-20(12-18)17-25)26-22-14-21(34(30,31)28-5-9-33-10-6-28)1-2-23(22)27-3-7-32-8-4-27/h1-2,14,18-20H,3-13,15-17H2,(H,26,29). The van der Waals surface area contributed by atoms with Crippen LogP contribution in [-0.2, 0) is 24.3 Å². The lowest BCUT2D eigenvalue weighted by molar-refractivity contribution is -0.140. The van der Waals surface area contributed by atoms with Gasteiger partial charge < -0.3 is 19.7 Å². The molecule has 1 aromatic carbocycles. The second kappa shape index (κ2) is 8.76. The van der Waals surface area contributed by atoms with Gasteiger partial charge in [-0.2, -0.15) is 4.31 Å². The van der Waals surface area contributed by atoms with Gasteiger partial charge in [0, 0.05) is 26.2 Å². The molecule has 34 heavy (non-hydrogen) atoms. The van der Waals surface area contributed by atoms with E-state index in [0.717, 1.165) is 38.0 Å². The Morgan fingerprint density at radius 2 is 1.44 bits per heavy atom. The van der Waals surface area contributed by atoms with Crippen LogP contribution in [0.1, 0.15) is 38.5 Å². The van der Waals surface area contributed by atoms with E-state index in [4.69, 9.17) is 9.47 Å². The highest BCUT2D eigenvalue weighted by atomic mass is 32.2. The van der Waals surface area contributed by atoms with Crippen LogP contribution in [0.25, 0.3) is 0 Å². The van der Waals surface area contributed by atoms with Crippen molar-refractivity contribution in [3.8, 4) is 0 Å². The minimum atomic E-state index is -3.65. The summed E-state index contributed by atoms with van der Waals surface area (Å²) in [5.74, 6) is 2.10. The molecule has 0 aromatic heterocycles. The van der Waals surface area contributed by atoms with Gasteiger partial charge in [-0.15, -0.1) is 0 Å². The van der Waals surface area contributed by atoms with Crippen LogP contribution in [0.4, 0.5) is 11.4 Å². The number of nitrogens with one attached hydrogen (secondary N) is 1. The quantitative estimate of drug-likeness (QED) is 0.684. The maximum Gasteiger partial charge on any atom is 0.243 e. The number of rotatable bonds is 5. The van der Waals surface area contributed by atoms with Crippen molar-refractivity contribution in [3.05, 3.63) is 18.2 Å². The van der Waals surface area contributed by atoms with Crippen LogP contribution >= 0.6 is 0 Å². The van der Waals surface area contributed by atoms with Gasteiger partial charge in [0.2, 0.25) is 15.9 Å². The van der Waals surface area contributed by atoms with Gasteiger partial charge in [-0.1, -0.05) is 0 Å². The number of carbonyl (C=O) groups excluding carboxylic acids is 1. The van der Waals surface area contributed by atoms with E-state index in [9.17, 15) is 13.2 Å². The highest BCUT2D eigenvalue weighted by Crippen LogP contribution is 2.60. The van der Waals surface area contributed by atoms with Crippen LogP contribution in [-0.4, -0.2) is 71.2 Å². The van der Waals surface area contributed by atoms with Crippen LogP contribution in [0, 0.1) is 23.2 Å². The number of sulfonamides is 1. The number of anilines is 2. The average Bonchev–Trinajstić information content (AvgIpc) is 2.84. The molecule has 0 spiro atoms. The summed E-state index contributed by atoms with van der Waals surface area (Å²) in [5.41, 5.74) is 1.19. The summed E-state index contributed by atoms with van der Waals surface area (Å²) in [6, 6.07) is 5.21. The predicted octanol–water partition coefficient (Wildman–Crippen LogP) is 2.70. The second-order valence-electron chi connectivity index (χ2n) is 10.9. The number of hydrogen-bond acceptors (Lipinski definition) is 6. The lowest BCUT2D eigenvalue weighted by Gasteiger charge is -2.55. The Kier molecular flexibility index (Phi) is 5.87. The zero-order valence-corrected chi connectivity index (χ0v) is 20.5. The van der Waals surface area contributed by atoms with E-state index in [1.54, 1.807) is 12.1 Å². The smallest absolute Gasteiger partial charge is 0.243 e. The molecule has 8 nitrogen and oxygen atoms in total. The van der Waals surface area contributed by atoms with Crippen LogP contribution in [0.5, 0.6) is 0 Å². The number of amides is 1. The number of hydrogen-bond donors (Lipinski definition) is 1. The maximum absolute atomic E-state index is 13.8. The van der Waals surface area contributed by atoms with Gasteiger partial charge in [0.05, 0.1) is 48.1 Å². The SMILES string of the molecule is O=C(Nc1cc(S(=O)(=O)N2CCOCC2)ccc1N1CCOCC1)C12CC3CC(CC(C3)C1)C2. The number of morpholine rings is 2. The maximum atomic E-state index is 13.8. The summed E-state index contributed by atoms with van der Waals surface area (Å²) < 4.78 is 39.1. The van der Waals surface area contributed by atoms with E-state index in [2.05, 4.69) is 10.2 Å². The van der Waals surface area contributed by atoms with Crippen molar-refractivity contribution in [3.63, 3.8) is 0 Å². The molecule has 0 radical (unpaired) electrons. The zero-order valence-electron chi connectivity index (χ0n) is 19.7. The number of ether oxygens (including phenoxy) is 2. The number of nitrogens with zero attached hydrogens (tertiary/aromatic N) is 2. The van der Waals surface area contributed by atoms with Gasteiger partial charge in [-0.25, -0.2) is 8.42 Å². The summed E-state index contributed by atoms with van der Waals surface area (Å²) >= 11 is 0. The van der Waals surface area contributed by atoms with E-state index in [1.807, 2.05) is 6.07 Å². The van der Waals surface area contributed by atoms with Gasteiger partial charge in [-0.3, -0.25) is 4.79 Å². The van der Waals surface area contributed by atoms with Crippen molar-refractivity contribution in [2.45, 2.75) is 43.4 Å². The Balaban J connectivity index is 1.32. The topological polar surface area (TPSA) is 88.2 Å². The summed E-state index contributed by atoms with van der Waals surface area (Å²) in [5, 5.41) is 3.25. The molecule has 4 saturated carbocycles. The van der Waals surface area contributed by atoms with Gasteiger partial charge >= 0.3 is 0 Å². The molecule has 1 amide bonds. The Morgan fingerprint density at radius 3 is 2.03 bits per heavy atom. The summed E-state index contributed by atoms with van der Waals surface area (Å²) in [6.07, 6.45) is 6.76. The molecule has 2 aliphatic heterocycles. The van der Waals surface area contributed by atoms with Crippen molar-refractivity contribution < 1.29 is 22.7 Å². The Bertz CT molecular complexity index is 1010.